The monoisotopic (exact) mass is 336 g/mol. The van der Waals surface area contributed by atoms with E-state index in [0.29, 0.717) is 21.9 Å². The van der Waals surface area contributed by atoms with Gasteiger partial charge in [0.1, 0.15) is 29.1 Å². The zero-order chi connectivity index (χ0) is 17.4. The molecule has 2 heterocycles. The number of halogens is 1. The van der Waals surface area contributed by atoms with Gasteiger partial charge in [0.2, 0.25) is 5.88 Å². The molecule has 0 spiro atoms. The van der Waals surface area contributed by atoms with E-state index >= 15 is 0 Å². The number of nitriles is 3. The number of ether oxygens (including phenoxy) is 1. The third-order valence-electron chi connectivity index (χ3n) is 3.82. The molecular formula is C16H9ClN6O. The minimum atomic E-state index is -1.07. The standard InChI is InChI=1S/C16H9ClN6O/c17-8-1-2-11-9(3-8)12(7(4-18)5-19)13-14(21)10(6-20)15(22)23-16(13)24-11/h1-3,7,12H,(H4,21,22,23)/t12-/m1/s1. The number of nitrogens with two attached hydrogens (primary N) is 2. The van der Waals surface area contributed by atoms with Crippen LogP contribution in [0.2, 0.25) is 5.02 Å². The van der Waals surface area contributed by atoms with Gasteiger partial charge < -0.3 is 16.2 Å². The van der Waals surface area contributed by atoms with E-state index in [4.69, 9.17) is 27.8 Å². The lowest BCUT2D eigenvalue weighted by molar-refractivity contribution is 0.422. The van der Waals surface area contributed by atoms with Crippen molar-refractivity contribution in [1.29, 1.82) is 15.8 Å². The van der Waals surface area contributed by atoms with Crippen LogP contribution >= 0.6 is 11.6 Å². The van der Waals surface area contributed by atoms with E-state index in [2.05, 4.69) is 4.98 Å². The summed E-state index contributed by atoms with van der Waals surface area (Å²) in [5, 5.41) is 28.4. The van der Waals surface area contributed by atoms with E-state index in [1.165, 1.54) is 0 Å². The summed E-state index contributed by atoms with van der Waals surface area (Å²) in [6.45, 7) is 0. The summed E-state index contributed by atoms with van der Waals surface area (Å²) in [5.74, 6) is -1.40. The van der Waals surface area contributed by atoms with Crippen LogP contribution in [0.15, 0.2) is 18.2 Å². The summed E-state index contributed by atoms with van der Waals surface area (Å²) in [6, 6.07) is 10.6. The number of benzene rings is 1. The fraction of sp³-hybridized carbons (Fsp3) is 0.125. The van der Waals surface area contributed by atoms with Gasteiger partial charge in [0.05, 0.1) is 17.8 Å². The molecule has 0 saturated carbocycles. The molecule has 0 fully saturated rings. The van der Waals surface area contributed by atoms with Crippen LogP contribution in [0.3, 0.4) is 0 Å². The molecule has 0 saturated heterocycles. The zero-order valence-electron chi connectivity index (χ0n) is 12.1. The number of anilines is 2. The molecule has 2 aromatic rings. The minimum Gasteiger partial charge on any atom is -0.438 e. The van der Waals surface area contributed by atoms with Gasteiger partial charge in [-0.2, -0.15) is 20.8 Å². The van der Waals surface area contributed by atoms with Crippen molar-refractivity contribution in [2.75, 3.05) is 11.5 Å². The summed E-state index contributed by atoms with van der Waals surface area (Å²) >= 11 is 6.04. The summed E-state index contributed by atoms with van der Waals surface area (Å²) in [4.78, 5) is 4.07. The fourth-order valence-corrected chi connectivity index (χ4v) is 2.93. The van der Waals surface area contributed by atoms with Gasteiger partial charge in [-0.15, -0.1) is 0 Å². The normalized spacial score (nSPS) is 14.5. The van der Waals surface area contributed by atoms with Crippen LogP contribution in [0, 0.1) is 39.9 Å². The Morgan fingerprint density at radius 3 is 2.54 bits per heavy atom. The van der Waals surface area contributed by atoms with Crippen LogP contribution in [0.1, 0.15) is 22.6 Å². The highest BCUT2D eigenvalue weighted by Gasteiger charge is 2.38. The Bertz CT molecular complexity index is 968. The topological polar surface area (TPSA) is 146 Å². The molecule has 1 atom stereocenters. The second-order valence-electron chi connectivity index (χ2n) is 5.11. The summed E-state index contributed by atoms with van der Waals surface area (Å²) in [5.41, 5.74) is 12.7. The molecule has 0 aliphatic carbocycles. The molecule has 3 rings (SSSR count). The number of rotatable bonds is 1. The molecule has 24 heavy (non-hydrogen) atoms. The van der Waals surface area contributed by atoms with Crippen molar-refractivity contribution in [3.05, 3.63) is 39.9 Å². The number of hydrogen-bond acceptors (Lipinski definition) is 7. The lowest BCUT2D eigenvalue weighted by Gasteiger charge is -2.29. The lowest BCUT2D eigenvalue weighted by Crippen LogP contribution is -2.21. The van der Waals surface area contributed by atoms with Crippen LogP contribution in [-0.4, -0.2) is 4.98 Å². The first kappa shape index (κ1) is 15.4. The van der Waals surface area contributed by atoms with E-state index in [1.54, 1.807) is 18.2 Å². The molecule has 7 nitrogen and oxygen atoms in total. The number of hydrogen-bond donors (Lipinski definition) is 2. The SMILES string of the molecule is N#Cc1c(N)nc2c(c1N)[C@H](C(C#N)C#N)c1cc(Cl)ccc1O2. The van der Waals surface area contributed by atoms with Gasteiger partial charge in [0.15, 0.2) is 0 Å². The van der Waals surface area contributed by atoms with Crippen molar-refractivity contribution < 1.29 is 4.74 Å². The highest BCUT2D eigenvalue weighted by molar-refractivity contribution is 6.30. The predicted molar refractivity (Wildman–Crippen MR) is 85.9 cm³/mol. The van der Waals surface area contributed by atoms with Crippen LogP contribution in [0.25, 0.3) is 0 Å². The van der Waals surface area contributed by atoms with Crippen molar-refractivity contribution in [3.8, 4) is 29.8 Å². The fourth-order valence-electron chi connectivity index (χ4n) is 2.75. The molecule has 0 unspecified atom stereocenters. The van der Waals surface area contributed by atoms with Gasteiger partial charge in [-0.1, -0.05) is 11.6 Å². The van der Waals surface area contributed by atoms with Gasteiger partial charge in [-0.05, 0) is 18.2 Å². The number of fused-ring (bicyclic) bond motifs is 2. The van der Waals surface area contributed by atoms with E-state index in [9.17, 15) is 15.8 Å². The van der Waals surface area contributed by atoms with Crippen molar-refractivity contribution in [3.63, 3.8) is 0 Å². The summed E-state index contributed by atoms with van der Waals surface area (Å²) < 4.78 is 5.71. The average Bonchev–Trinajstić information content (AvgIpc) is 2.56. The first-order valence-electron chi connectivity index (χ1n) is 6.77. The second-order valence-corrected chi connectivity index (χ2v) is 5.55. The number of nitrogen functional groups attached to an aromatic ring is 2. The number of nitrogens with zero attached hydrogens (tertiary/aromatic N) is 4. The Labute approximate surface area is 142 Å². The first-order chi connectivity index (χ1) is 11.5. The molecule has 1 aromatic heterocycles. The molecule has 1 aliphatic heterocycles. The molecular weight excluding hydrogens is 328 g/mol. The largest absolute Gasteiger partial charge is 0.438 e. The van der Waals surface area contributed by atoms with Gasteiger partial charge in [0.25, 0.3) is 0 Å². The lowest BCUT2D eigenvalue weighted by atomic mass is 9.79. The average molecular weight is 337 g/mol. The van der Waals surface area contributed by atoms with Gasteiger partial charge in [-0.25, -0.2) is 0 Å². The molecule has 0 bridgehead atoms. The van der Waals surface area contributed by atoms with Crippen molar-refractivity contribution in [1.82, 2.24) is 4.98 Å². The third-order valence-corrected chi connectivity index (χ3v) is 4.05. The van der Waals surface area contributed by atoms with Crippen LogP contribution in [-0.2, 0) is 0 Å². The molecule has 8 heteroatoms. The van der Waals surface area contributed by atoms with Crippen LogP contribution < -0.4 is 16.2 Å². The molecule has 4 N–H and O–H groups in total. The summed E-state index contributed by atoms with van der Waals surface area (Å²) in [7, 11) is 0. The van der Waals surface area contributed by atoms with Crippen molar-refractivity contribution >= 4 is 23.1 Å². The zero-order valence-corrected chi connectivity index (χ0v) is 12.9. The van der Waals surface area contributed by atoms with Crippen molar-refractivity contribution in [2.24, 2.45) is 5.92 Å². The summed E-state index contributed by atoms with van der Waals surface area (Å²) in [6.07, 6.45) is 0. The Morgan fingerprint density at radius 1 is 1.21 bits per heavy atom. The Kier molecular flexibility index (Phi) is 3.62. The smallest absolute Gasteiger partial charge is 0.227 e. The van der Waals surface area contributed by atoms with Gasteiger partial charge >= 0.3 is 0 Å². The van der Waals surface area contributed by atoms with Crippen LogP contribution in [0.4, 0.5) is 11.5 Å². The highest BCUT2D eigenvalue weighted by atomic mass is 35.5. The van der Waals surface area contributed by atoms with E-state index in [0.717, 1.165) is 0 Å². The predicted octanol–water partition coefficient (Wildman–Crippen LogP) is 2.67. The van der Waals surface area contributed by atoms with Crippen molar-refractivity contribution in [2.45, 2.75) is 5.92 Å². The van der Waals surface area contributed by atoms with Gasteiger partial charge in [0, 0.05) is 22.1 Å². The maximum Gasteiger partial charge on any atom is 0.227 e. The maximum absolute atomic E-state index is 9.37. The van der Waals surface area contributed by atoms with Crippen LogP contribution in [0.5, 0.6) is 11.6 Å². The van der Waals surface area contributed by atoms with Gasteiger partial charge in [-0.3, -0.25) is 0 Å². The number of aromatic nitrogens is 1. The van der Waals surface area contributed by atoms with E-state index in [-0.39, 0.29) is 22.9 Å². The molecule has 1 aliphatic rings. The quantitative estimate of drug-likeness (QED) is 0.813. The first-order valence-corrected chi connectivity index (χ1v) is 7.15. The van der Waals surface area contributed by atoms with E-state index in [1.807, 2.05) is 18.2 Å². The molecule has 1 aromatic carbocycles. The Balaban J connectivity index is 2.37. The third kappa shape index (κ3) is 2.14. The van der Waals surface area contributed by atoms with E-state index < -0.39 is 11.8 Å². The molecule has 116 valence electrons. The Morgan fingerprint density at radius 2 is 1.92 bits per heavy atom. The maximum atomic E-state index is 9.37. The Hall–Kier alpha value is -3.47. The molecule has 0 amide bonds. The highest BCUT2D eigenvalue weighted by Crippen LogP contribution is 2.50. The second kappa shape index (κ2) is 5.62. The minimum absolute atomic E-state index is 0.0116. The number of pyridine rings is 1. The molecule has 0 radical (unpaired) electrons.